The van der Waals surface area contributed by atoms with Crippen molar-refractivity contribution < 1.29 is 18.0 Å². The number of carbonyl (C=O) groups excluding carboxylic acids is 1. The molecule has 2 aliphatic rings. The van der Waals surface area contributed by atoms with Crippen molar-refractivity contribution in [3.8, 4) is 0 Å². The van der Waals surface area contributed by atoms with Gasteiger partial charge >= 0.3 is 6.18 Å². The molecular formula is C21H24F3N3O. The first-order chi connectivity index (χ1) is 13.2. The van der Waals surface area contributed by atoms with E-state index in [0.717, 1.165) is 48.6 Å². The van der Waals surface area contributed by atoms with Gasteiger partial charge in [0.15, 0.2) is 0 Å². The van der Waals surface area contributed by atoms with Gasteiger partial charge in [-0.1, -0.05) is 19.1 Å². The molecule has 1 aromatic carbocycles. The van der Waals surface area contributed by atoms with E-state index in [9.17, 15) is 18.0 Å². The molecule has 0 N–H and O–H groups in total. The lowest BCUT2D eigenvalue weighted by Crippen LogP contribution is -2.39. The molecule has 4 nitrogen and oxygen atoms in total. The van der Waals surface area contributed by atoms with Crippen LogP contribution in [0.1, 0.15) is 48.5 Å². The average molecular weight is 391 g/mol. The second-order valence-corrected chi connectivity index (χ2v) is 8.11. The number of alkyl halides is 3. The molecule has 2 aliphatic heterocycles. The molecule has 0 aliphatic carbocycles. The van der Waals surface area contributed by atoms with E-state index < -0.39 is 11.7 Å². The summed E-state index contributed by atoms with van der Waals surface area (Å²) in [5.74, 6) is 1.32. The van der Waals surface area contributed by atoms with Crippen LogP contribution in [0.4, 0.5) is 13.2 Å². The molecule has 0 bridgehead atoms. The summed E-state index contributed by atoms with van der Waals surface area (Å²) in [6.45, 7) is 5.49. The lowest BCUT2D eigenvalue weighted by atomic mass is 9.93. The zero-order valence-corrected chi connectivity index (χ0v) is 16.0. The third-order valence-electron chi connectivity index (χ3n) is 6.06. The van der Waals surface area contributed by atoms with Crippen LogP contribution < -0.4 is 0 Å². The minimum absolute atomic E-state index is 0.0918. The monoisotopic (exact) mass is 391 g/mol. The van der Waals surface area contributed by atoms with Crippen molar-refractivity contribution in [2.24, 2.45) is 11.8 Å². The molecule has 1 fully saturated rings. The number of benzene rings is 1. The van der Waals surface area contributed by atoms with Gasteiger partial charge in [0, 0.05) is 37.3 Å². The molecule has 7 heteroatoms. The standard InChI is InChI=1S/C21H24F3N3O/c1-13-9-19(15-3-5-17(6-4-15)21(22,23)24)27(12-13)20(28)16-7-8-26-14(2)25-11-18(26)10-16/h3-6,11,13,16,19H,7-10,12H2,1-2H3/t13-,16?,19-/m1/s1. The number of hydrogen-bond donors (Lipinski definition) is 0. The quantitative estimate of drug-likeness (QED) is 0.762. The first-order valence-corrected chi connectivity index (χ1v) is 9.72. The van der Waals surface area contributed by atoms with Gasteiger partial charge in [0.25, 0.3) is 0 Å². The number of likely N-dealkylation sites (tertiary alicyclic amines) is 1. The van der Waals surface area contributed by atoms with Crippen LogP contribution in [0.25, 0.3) is 0 Å². The summed E-state index contributed by atoms with van der Waals surface area (Å²) >= 11 is 0. The minimum Gasteiger partial charge on any atom is -0.335 e. The minimum atomic E-state index is -4.35. The summed E-state index contributed by atoms with van der Waals surface area (Å²) in [7, 11) is 0. The van der Waals surface area contributed by atoms with Crippen LogP contribution in [0, 0.1) is 18.8 Å². The zero-order chi connectivity index (χ0) is 20.1. The Hall–Kier alpha value is -2.31. The number of imidazole rings is 1. The molecule has 150 valence electrons. The fraction of sp³-hybridized carbons (Fsp3) is 0.524. The SMILES string of the molecule is Cc1ncc2n1CCC(C(=O)N1C[C@H](C)C[C@@H]1c1ccc(C(F)(F)F)cc1)C2. The van der Waals surface area contributed by atoms with E-state index >= 15 is 0 Å². The summed E-state index contributed by atoms with van der Waals surface area (Å²) in [4.78, 5) is 19.5. The van der Waals surface area contributed by atoms with Gasteiger partial charge in [-0.25, -0.2) is 4.98 Å². The highest BCUT2D eigenvalue weighted by molar-refractivity contribution is 5.80. The number of amides is 1. The Morgan fingerprint density at radius 3 is 2.61 bits per heavy atom. The molecule has 3 atom stereocenters. The molecule has 3 heterocycles. The molecule has 0 radical (unpaired) electrons. The van der Waals surface area contributed by atoms with Gasteiger partial charge in [-0.15, -0.1) is 0 Å². The number of nitrogens with zero attached hydrogens (tertiary/aromatic N) is 3. The molecule has 1 saturated heterocycles. The second kappa shape index (κ2) is 6.94. The molecule has 2 aromatic rings. The Labute approximate surface area is 162 Å². The highest BCUT2D eigenvalue weighted by atomic mass is 19.4. The third-order valence-corrected chi connectivity index (χ3v) is 6.06. The Balaban J connectivity index is 1.54. The van der Waals surface area contributed by atoms with Gasteiger partial charge in [0.05, 0.1) is 11.6 Å². The van der Waals surface area contributed by atoms with Crippen molar-refractivity contribution >= 4 is 5.91 Å². The van der Waals surface area contributed by atoms with E-state index in [4.69, 9.17) is 0 Å². The molecule has 0 spiro atoms. The van der Waals surface area contributed by atoms with E-state index in [-0.39, 0.29) is 17.9 Å². The van der Waals surface area contributed by atoms with Gasteiger partial charge in [-0.05, 0) is 43.4 Å². The van der Waals surface area contributed by atoms with Crippen LogP contribution in [0.2, 0.25) is 0 Å². The molecular weight excluding hydrogens is 367 g/mol. The smallest absolute Gasteiger partial charge is 0.335 e. The van der Waals surface area contributed by atoms with E-state index in [1.165, 1.54) is 12.1 Å². The maximum absolute atomic E-state index is 13.3. The lowest BCUT2D eigenvalue weighted by molar-refractivity contribution is -0.138. The summed E-state index contributed by atoms with van der Waals surface area (Å²) < 4.78 is 40.7. The normalized spacial score (nSPS) is 25.0. The van der Waals surface area contributed by atoms with Crippen molar-refractivity contribution in [2.45, 2.75) is 51.9 Å². The lowest BCUT2D eigenvalue weighted by Gasteiger charge is -2.31. The second-order valence-electron chi connectivity index (χ2n) is 8.11. The predicted molar refractivity (Wildman–Crippen MR) is 98.5 cm³/mol. The van der Waals surface area contributed by atoms with Gasteiger partial charge in [0.1, 0.15) is 5.82 Å². The number of rotatable bonds is 2. The molecule has 4 rings (SSSR count). The van der Waals surface area contributed by atoms with E-state index in [2.05, 4.69) is 16.5 Å². The van der Waals surface area contributed by atoms with Crippen LogP contribution in [-0.2, 0) is 23.9 Å². The van der Waals surface area contributed by atoms with Crippen molar-refractivity contribution in [3.63, 3.8) is 0 Å². The maximum Gasteiger partial charge on any atom is 0.416 e. The van der Waals surface area contributed by atoms with Gasteiger partial charge in [0.2, 0.25) is 5.91 Å². The summed E-state index contributed by atoms with van der Waals surface area (Å²) in [6.07, 6.45) is -0.284. The Morgan fingerprint density at radius 2 is 1.93 bits per heavy atom. The fourth-order valence-corrected chi connectivity index (χ4v) is 4.57. The number of hydrogen-bond acceptors (Lipinski definition) is 2. The van der Waals surface area contributed by atoms with Gasteiger partial charge in [-0.3, -0.25) is 4.79 Å². The Kier molecular flexibility index (Phi) is 4.71. The van der Waals surface area contributed by atoms with Crippen molar-refractivity contribution in [3.05, 3.63) is 53.1 Å². The number of carbonyl (C=O) groups is 1. The summed E-state index contributed by atoms with van der Waals surface area (Å²) in [5, 5.41) is 0. The number of aryl methyl sites for hydroxylation is 1. The van der Waals surface area contributed by atoms with Crippen LogP contribution >= 0.6 is 0 Å². The number of fused-ring (bicyclic) bond motifs is 1. The highest BCUT2D eigenvalue weighted by Gasteiger charge is 2.39. The number of aromatic nitrogens is 2. The molecule has 28 heavy (non-hydrogen) atoms. The molecule has 1 amide bonds. The van der Waals surface area contributed by atoms with Crippen LogP contribution in [0.15, 0.2) is 30.5 Å². The zero-order valence-electron chi connectivity index (χ0n) is 16.0. The first-order valence-electron chi connectivity index (χ1n) is 9.72. The third kappa shape index (κ3) is 3.42. The van der Waals surface area contributed by atoms with Crippen LogP contribution in [0.5, 0.6) is 0 Å². The Morgan fingerprint density at radius 1 is 1.21 bits per heavy atom. The number of halogens is 3. The largest absolute Gasteiger partial charge is 0.416 e. The van der Waals surface area contributed by atoms with Gasteiger partial charge in [-0.2, -0.15) is 13.2 Å². The molecule has 1 unspecified atom stereocenters. The van der Waals surface area contributed by atoms with Crippen LogP contribution in [-0.4, -0.2) is 26.9 Å². The summed E-state index contributed by atoms with van der Waals surface area (Å²) in [5.41, 5.74) is 1.21. The van der Waals surface area contributed by atoms with Crippen molar-refractivity contribution in [2.75, 3.05) is 6.54 Å². The Bertz CT molecular complexity index is 872. The molecule has 0 saturated carbocycles. The topological polar surface area (TPSA) is 38.1 Å². The highest BCUT2D eigenvalue weighted by Crippen LogP contribution is 2.39. The summed E-state index contributed by atoms with van der Waals surface area (Å²) in [6, 6.07) is 5.11. The first kappa shape index (κ1) is 19.0. The van der Waals surface area contributed by atoms with Crippen molar-refractivity contribution in [1.82, 2.24) is 14.5 Å². The average Bonchev–Trinajstić information content (AvgIpc) is 3.23. The predicted octanol–water partition coefficient (Wildman–Crippen LogP) is 4.38. The van der Waals surface area contributed by atoms with E-state index in [1.807, 2.05) is 18.0 Å². The fourth-order valence-electron chi connectivity index (χ4n) is 4.57. The van der Waals surface area contributed by atoms with Crippen molar-refractivity contribution in [1.29, 1.82) is 0 Å². The van der Waals surface area contributed by atoms with E-state index in [1.54, 1.807) is 0 Å². The van der Waals surface area contributed by atoms with E-state index in [0.29, 0.717) is 18.9 Å². The van der Waals surface area contributed by atoms with Gasteiger partial charge < -0.3 is 9.47 Å². The van der Waals surface area contributed by atoms with Crippen LogP contribution in [0.3, 0.4) is 0 Å². The maximum atomic E-state index is 13.3. The molecule has 1 aromatic heterocycles.